The number of pyridine rings is 1. The average Bonchev–Trinajstić information content (AvgIpc) is 3.05. The van der Waals surface area contributed by atoms with E-state index >= 15 is 0 Å². The normalized spacial score (nSPS) is 22.1. The molecule has 2 aliphatic rings. The molecule has 1 aromatic carbocycles. The summed E-state index contributed by atoms with van der Waals surface area (Å²) < 4.78 is 38.4. The molecule has 0 bridgehead atoms. The van der Waals surface area contributed by atoms with Gasteiger partial charge in [0.1, 0.15) is 0 Å². The summed E-state index contributed by atoms with van der Waals surface area (Å²) in [4.78, 5) is 19.7. The van der Waals surface area contributed by atoms with Gasteiger partial charge in [-0.15, -0.1) is 0 Å². The van der Waals surface area contributed by atoms with Crippen molar-refractivity contribution < 1.29 is 23.1 Å². The van der Waals surface area contributed by atoms with Gasteiger partial charge in [-0.25, -0.2) is 4.98 Å². The number of carbonyl (C=O) groups is 1. The Morgan fingerprint density at radius 3 is 2.54 bits per heavy atom. The van der Waals surface area contributed by atoms with E-state index in [4.69, 9.17) is 0 Å². The highest BCUT2D eigenvalue weighted by molar-refractivity contribution is 5.80. The fourth-order valence-corrected chi connectivity index (χ4v) is 3.73. The lowest BCUT2D eigenvalue weighted by molar-refractivity contribution is -0.141. The first kappa shape index (κ1) is 16.7. The number of carboxylic acids is 1. The highest BCUT2D eigenvalue weighted by atomic mass is 19.4. The number of anilines is 3. The molecule has 1 N–H and O–H groups in total. The topological polar surface area (TPSA) is 56.7 Å². The predicted molar refractivity (Wildman–Crippen MR) is 89.6 cm³/mol. The number of alkyl halides is 3. The SMILES string of the molecule is O=C(O)C1C[C@@H]2CN(c3ccc(C(F)(F)F)cc3)c3cccnc3N2C1. The van der Waals surface area contributed by atoms with Gasteiger partial charge in [0.15, 0.2) is 5.82 Å². The average molecular weight is 363 g/mol. The second kappa shape index (κ2) is 5.89. The van der Waals surface area contributed by atoms with E-state index in [2.05, 4.69) is 4.98 Å². The third-order valence-corrected chi connectivity index (χ3v) is 4.99. The van der Waals surface area contributed by atoms with E-state index in [-0.39, 0.29) is 6.04 Å². The van der Waals surface area contributed by atoms with Gasteiger partial charge >= 0.3 is 12.1 Å². The van der Waals surface area contributed by atoms with E-state index in [0.29, 0.717) is 31.0 Å². The molecular weight excluding hydrogens is 347 g/mol. The molecule has 0 radical (unpaired) electrons. The summed E-state index contributed by atoms with van der Waals surface area (Å²) in [6.07, 6.45) is -2.25. The number of halogens is 3. The number of rotatable bonds is 2. The first-order chi connectivity index (χ1) is 12.3. The van der Waals surface area contributed by atoms with Crippen LogP contribution in [-0.4, -0.2) is 35.2 Å². The fourth-order valence-electron chi connectivity index (χ4n) is 3.73. The van der Waals surface area contributed by atoms with Gasteiger partial charge in [-0.2, -0.15) is 13.2 Å². The number of aliphatic carboxylic acids is 1. The molecule has 1 fully saturated rings. The molecular formula is C18H16F3N3O2. The van der Waals surface area contributed by atoms with Gasteiger partial charge in [0.2, 0.25) is 0 Å². The van der Waals surface area contributed by atoms with Crippen molar-refractivity contribution in [3.05, 3.63) is 48.2 Å². The van der Waals surface area contributed by atoms with Crippen LogP contribution in [0.25, 0.3) is 0 Å². The molecule has 1 aromatic heterocycles. The standard InChI is InChI=1S/C18H16F3N3O2/c19-18(20,21)12-3-5-13(6-4-12)23-10-14-8-11(17(25)26)9-24(14)16-15(23)2-1-7-22-16/h1-7,11,14H,8-10H2,(H,25,26)/t11?,14-/m1/s1. The van der Waals surface area contributed by atoms with E-state index in [1.165, 1.54) is 12.1 Å². The van der Waals surface area contributed by atoms with Crippen molar-refractivity contribution in [3.63, 3.8) is 0 Å². The molecule has 1 saturated heterocycles. The maximum absolute atomic E-state index is 12.8. The lowest BCUT2D eigenvalue weighted by atomic mass is 10.0. The second-order valence-electron chi connectivity index (χ2n) is 6.58. The first-order valence-electron chi connectivity index (χ1n) is 8.24. The number of benzene rings is 1. The number of nitrogens with zero attached hydrogens (tertiary/aromatic N) is 3. The third kappa shape index (κ3) is 2.75. The van der Waals surface area contributed by atoms with Crippen molar-refractivity contribution in [2.75, 3.05) is 22.9 Å². The Labute approximate surface area is 147 Å². The minimum Gasteiger partial charge on any atom is -0.481 e. The third-order valence-electron chi connectivity index (χ3n) is 4.99. The monoisotopic (exact) mass is 363 g/mol. The van der Waals surface area contributed by atoms with Crippen LogP contribution in [0, 0.1) is 5.92 Å². The fraction of sp³-hybridized carbons (Fsp3) is 0.333. The zero-order valence-corrected chi connectivity index (χ0v) is 13.6. The molecule has 0 aliphatic carbocycles. The lowest BCUT2D eigenvalue weighted by Gasteiger charge is -2.40. The molecule has 0 spiro atoms. The molecule has 2 atom stereocenters. The number of carboxylic acid groups (broad SMARTS) is 1. The van der Waals surface area contributed by atoms with Crippen molar-refractivity contribution >= 4 is 23.2 Å². The minimum atomic E-state index is -4.38. The van der Waals surface area contributed by atoms with E-state index in [1.807, 2.05) is 15.9 Å². The van der Waals surface area contributed by atoms with Crippen LogP contribution in [0.5, 0.6) is 0 Å². The van der Waals surface area contributed by atoms with Crippen LogP contribution in [0.2, 0.25) is 0 Å². The Bertz CT molecular complexity index is 838. The summed E-state index contributed by atoms with van der Waals surface area (Å²) in [5.41, 5.74) is 0.707. The number of aromatic nitrogens is 1. The number of fused-ring (bicyclic) bond motifs is 3. The van der Waals surface area contributed by atoms with Crippen molar-refractivity contribution in [1.29, 1.82) is 0 Å². The van der Waals surface area contributed by atoms with Gasteiger partial charge in [0.05, 0.1) is 17.2 Å². The zero-order chi connectivity index (χ0) is 18.5. The first-order valence-corrected chi connectivity index (χ1v) is 8.24. The summed E-state index contributed by atoms with van der Waals surface area (Å²) in [7, 11) is 0. The maximum atomic E-state index is 12.8. The van der Waals surface area contributed by atoms with Crippen LogP contribution >= 0.6 is 0 Å². The summed E-state index contributed by atoms with van der Waals surface area (Å²) in [6, 6.07) is 8.59. The van der Waals surface area contributed by atoms with Crippen LogP contribution in [0.4, 0.5) is 30.4 Å². The molecule has 3 heterocycles. The van der Waals surface area contributed by atoms with Gasteiger partial charge in [0, 0.05) is 31.0 Å². The number of hydrogen-bond donors (Lipinski definition) is 1. The van der Waals surface area contributed by atoms with Crippen LogP contribution in [0.15, 0.2) is 42.6 Å². The molecule has 2 aliphatic heterocycles. The molecule has 0 saturated carbocycles. The minimum absolute atomic E-state index is 0.0409. The molecule has 2 aromatic rings. The smallest absolute Gasteiger partial charge is 0.416 e. The molecule has 5 nitrogen and oxygen atoms in total. The quantitative estimate of drug-likeness (QED) is 0.885. The Kier molecular flexibility index (Phi) is 3.78. The highest BCUT2D eigenvalue weighted by Gasteiger charge is 2.42. The van der Waals surface area contributed by atoms with Crippen molar-refractivity contribution in [2.24, 2.45) is 5.92 Å². The molecule has 26 heavy (non-hydrogen) atoms. The zero-order valence-electron chi connectivity index (χ0n) is 13.6. The summed E-state index contributed by atoms with van der Waals surface area (Å²) in [5, 5.41) is 9.33. The molecule has 1 unspecified atom stereocenters. The Morgan fingerprint density at radius 2 is 1.88 bits per heavy atom. The Morgan fingerprint density at radius 1 is 1.15 bits per heavy atom. The van der Waals surface area contributed by atoms with Crippen LogP contribution in [0.3, 0.4) is 0 Å². The summed E-state index contributed by atoms with van der Waals surface area (Å²) in [6.45, 7) is 0.901. The van der Waals surface area contributed by atoms with Crippen molar-refractivity contribution in [1.82, 2.24) is 4.98 Å². The summed E-state index contributed by atoms with van der Waals surface area (Å²) in [5.74, 6) is -0.632. The van der Waals surface area contributed by atoms with Crippen molar-refractivity contribution in [3.8, 4) is 0 Å². The highest BCUT2D eigenvalue weighted by Crippen LogP contribution is 2.43. The van der Waals surface area contributed by atoms with Crippen molar-refractivity contribution in [2.45, 2.75) is 18.6 Å². The Hall–Kier alpha value is -2.77. The predicted octanol–water partition coefficient (Wildman–Crippen LogP) is 3.53. The van der Waals surface area contributed by atoms with Gasteiger partial charge in [-0.05, 0) is 42.8 Å². The number of hydrogen-bond acceptors (Lipinski definition) is 4. The van der Waals surface area contributed by atoms with Gasteiger partial charge in [-0.1, -0.05) is 0 Å². The largest absolute Gasteiger partial charge is 0.481 e. The van der Waals surface area contributed by atoms with Crippen LogP contribution < -0.4 is 9.80 Å². The van der Waals surface area contributed by atoms with Gasteiger partial charge in [-0.3, -0.25) is 4.79 Å². The molecule has 8 heteroatoms. The Balaban J connectivity index is 1.70. The van der Waals surface area contributed by atoms with Gasteiger partial charge in [0.25, 0.3) is 0 Å². The molecule has 4 rings (SSSR count). The second-order valence-corrected chi connectivity index (χ2v) is 6.58. The van der Waals surface area contributed by atoms with E-state index in [0.717, 1.165) is 17.8 Å². The molecule has 0 amide bonds. The lowest BCUT2D eigenvalue weighted by Crippen LogP contribution is -2.44. The van der Waals surface area contributed by atoms with E-state index in [9.17, 15) is 23.1 Å². The summed E-state index contributed by atoms with van der Waals surface area (Å²) >= 11 is 0. The van der Waals surface area contributed by atoms with Gasteiger partial charge < -0.3 is 14.9 Å². The van der Waals surface area contributed by atoms with E-state index in [1.54, 1.807) is 12.3 Å². The van der Waals surface area contributed by atoms with Crippen LogP contribution in [-0.2, 0) is 11.0 Å². The van der Waals surface area contributed by atoms with E-state index < -0.39 is 23.6 Å². The maximum Gasteiger partial charge on any atom is 0.416 e. The molecule has 136 valence electrons. The van der Waals surface area contributed by atoms with Crippen LogP contribution in [0.1, 0.15) is 12.0 Å².